The first-order valence-corrected chi connectivity index (χ1v) is 8.33. The molecule has 3 rings (SSSR count). The van der Waals surface area contributed by atoms with Crippen molar-refractivity contribution in [2.75, 3.05) is 19.0 Å². The summed E-state index contributed by atoms with van der Waals surface area (Å²) in [6, 6.07) is 21.9. The summed E-state index contributed by atoms with van der Waals surface area (Å²) in [6.07, 6.45) is 0. The van der Waals surface area contributed by atoms with Crippen LogP contribution in [0.3, 0.4) is 0 Å². The Labute approximate surface area is 153 Å². The molecule has 0 aliphatic carbocycles. The molecular weight excluding hydrogens is 322 g/mol. The third-order valence-electron chi connectivity index (χ3n) is 4.34. The highest BCUT2D eigenvalue weighted by molar-refractivity contribution is 5.93. The van der Waals surface area contributed by atoms with E-state index in [9.17, 15) is 10.5 Å². The highest BCUT2D eigenvalue weighted by Gasteiger charge is 2.12. The fraction of sp³-hybridized carbons (Fsp3) is 0.182. The Hall–Kier alpha value is -3.34. The molecule has 26 heavy (non-hydrogen) atoms. The van der Waals surface area contributed by atoms with Crippen molar-refractivity contribution < 1.29 is 4.74 Å². The number of hydrogen-bond acceptors (Lipinski definition) is 4. The maximum atomic E-state index is 9.59. The quantitative estimate of drug-likeness (QED) is 0.691. The number of fused-ring (bicyclic) bond motifs is 1. The number of nitrogens with zero attached hydrogens (tertiary/aromatic N) is 3. The second-order valence-corrected chi connectivity index (χ2v) is 6.28. The smallest absolute Gasteiger partial charge is 0.100 e. The van der Waals surface area contributed by atoms with Gasteiger partial charge in [0.1, 0.15) is 6.07 Å². The van der Waals surface area contributed by atoms with Crippen LogP contribution >= 0.6 is 0 Å². The SMILES string of the molecule is CN(C)c1ccc(COCc2cc(C#N)c3ccccc3c2C#N)cc1. The molecule has 0 amide bonds. The molecule has 0 N–H and O–H groups in total. The van der Waals surface area contributed by atoms with Gasteiger partial charge in [-0.25, -0.2) is 0 Å². The summed E-state index contributed by atoms with van der Waals surface area (Å²) in [7, 11) is 4.00. The van der Waals surface area contributed by atoms with Gasteiger partial charge in [0, 0.05) is 30.6 Å². The van der Waals surface area contributed by atoms with E-state index in [0.717, 1.165) is 27.6 Å². The topological polar surface area (TPSA) is 60.0 Å². The second-order valence-electron chi connectivity index (χ2n) is 6.28. The maximum absolute atomic E-state index is 9.59. The van der Waals surface area contributed by atoms with E-state index in [4.69, 9.17) is 4.74 Å². The third kappa shape index (κ3) is 3.52. The van der Waals surface area contributed by atoms with E-state index in [1.165, 1.54) is 0 Å². The van der Waals surface area contributed by atoms with Gasteiger partial charge in [-0.15, -0.1) is 0 Å². The fourth-order valence-corrected chi connectivity index (χ4v) is 2.94. The summed E-state index contributed by atoms with van der Waals surface area (Å²) in [5.74, 6) is 0. The Balaban J connectivity index is 1.81. The lowest BCUT2D eigenvalue weighted by molar-refractivity contribution is 0.107. The molecule has 3 aromatic rings. The van der Waals surface area contributed by atoms with Gasteiger partial charge in [-0.1, -0.05) is 36.4 Å². The summed E-state index contributed by atoms with van der Waals surface area (Å²) in [5, 5.41) is 20.6. The van der Waals surface area contributed by atoms with Crippen molar-refractivity contribution in [1.29, 1.82) is 10.5 Å². The van der Waals surface area contributed by atoms with Crippen LogP contribution in [0.5, 0.6) is 0 Å². The minimum absolute atomic E-state index is 0.290. The number of benzene rings is 3. The maximum Gasteiger partial charge on any atom is 0.100 e. The number of hydrogen-bond donors (Lipinski definition) is 0. The third-order valence-corrected chi connectivity index (χ3v) is 4.34. The molecule has 0 radical (unpaired) electrons. The van der Waals surface area contributed by atoms with Crippen LogP contribution in [0.4, 0.5) is 5.69 Å². The van der Waals surface area contributed by atoms with Gasteiger partial charge in [0.25, 0.3) is 0 Å². The van der Waals surface area contributed by atoms with E-state index < -0.39 is 0 Å². The Bertz CT molecular complexity index is 1010. The molecule has 0 aromatic heterocycles. The van der Waals surface area contributed by atoms with Crippen molar-refractivity contribution in [2.45, 2.75) is 13.2 Å². The van der Waals surface area contributed by atoms with Crippen LogP contribution in [0.15, 0.2) is 54.6 Å². The van der Waals surface area contributed by atoms with Gasteiger partial charge in [-0.2, -0.15) is 10.5 Å². The molecule has 0 unspecified atom stereocenters. The Kier molecular flexibility index (Phi) is 5.17. The zero-order chi connectivity index (χ0) is 18.5. The van der Waals surface area contributed by atoms with Crippen molar-refractivity contribution in [3.05, 3.63) is 76.9 Å². The Morgan fingerprint density at radius 1 is 0.885 bits per heavy atom. The predicted octanol–water partition coefficient (Wildman–Crippen LogP) is 4.37. The van der Waals surface area contributed by atoms with Crippen LogP contribution in [-0.2, 0) is 18.0 Å². The molecule has 0 aliphatic rings. The first-order valence-electron chi connectivity index (χ1n) is 8.33. The monoisotopic (exact) mass is 341 g/mol. The molecule has 0 spiro atoms. The average molecular weight is 341 g/mol. The van der Waals surface area contributed by atoms with Crippen molar-refractivity contribution in [1.82, 2.24) is 0 Å². The Morgan fingerprint density at radius 2 is 1.58 bits per heavy atom. The van der Waals surface area contributed by atoms with Gasteiger partial charge in [0.15, 0.2) is 0 Å². The standard InChI is InChI=1S/C22H19N3O/c1-25(2)19-9-7-16(8-10-19)14-26-15-18-11-17(12-23)20-5-3-4-6-21(20)22(18)13-24/h3-11H,14-15H2,1-2H3. The average Bonchev–Trinajstić information content (AvgIpc) is 2.67. The van der Waals surface area contributed by atoms with Gasteiger partial charge in [0.2, 0.25) is 0 Å². The fourth-order valence-electron chi connectivity index (χ4n) is 2.94. The van der Waals surface area contributed by atoms with E-state index in [0.29, 0.717) is 17.7 Å². The lowest BCUT2D eigenvalue weighted by Gasteiger charge is -2.13. The van der Waals surface area contributed by atoms with Gasteiger partial charge in [-0.3, -0.25) is 0 Å². The lowest BCUT2D eigenvalue weighted by Crippen LogP contribution is -2.08. The Morgan fingerprint density at radius 3 is 2.19 bits per heavy atom. The van der Waals surface area contributed by atoms with Crippen LogP contribution in [0, 0.1) is 22.7 Å². The summed E-state index contributed by atoms with van der Waals surface area (Å²) in [4.78, 5) is 2.04. The molecule has 0 fully saturated rings. The largest absolute Gasteiger partial charge is 0.378 e. The lowest BCUT2D eigenvalue weighted by atomic mass is 9.96. The molecule has 4 heteroatoms. The summed E-state index contributed by atoms with van der Waals surface area (Å²) < 4.78 is 5.82. The highest BCUT2D eigenvalue weighted by Crippen LogP contribution is 2.26. The van der Waals surface area contributed by atoms with E-state index in [-0.39, 0.29) is 6.61 Å². The summed E-state index contributed by atoms with van der Waals surface area (Å²) >= 11 is 0. The molecular formula is C22H19N3O. The van der Waals surface area contributed by atoms with E-state index in [2.05, 4.69) is 12.1 Å². The van der Waals surface area contributed by atoms with Gasteiger partial charge >= 0.3 is 0 Å². The van der Waals surface area contributed by atoms with Crippen molar-refractivity contribution in [3.8, 4) is 12.1 Å². The zero-order valence-corrected chi connectivity index (χ0v) is 14.9. The highest BCUT2D eigenvalue weighted by atomic mass is 16.5. The molecule has 0 saturated carbocycles. The van der Waals surface area contributed by atoms with E-state index in [1.807, 2.05) is 67.5 Å². The second kappa shape index (κ2) is 7.70. The van der Waals surface area contributed by atoms with E-state index in [1.54, 1.807) is 6.07 Å². The first kappa shape index (κ1) is 17.5. The van der Waals surface area contributed by atoms with Gasteiger partial charge in [0.05, 0.1) is 30.4 Å². The molecule has 0 heterocycles. The number of nitriles is 2. The van der Waals surface area contributed by atoms with Gasteiger partial charge < -0.3 is 9.64 Å². The van der Waals surface area contributed by atoms with E-state index >= 15 is 0 Å². The van der Waals surface area contributed by atoms with Crippen LogP contribution in [0.2, 0.25) is 0 Å². The molecule has 4 nitrogen and oxygen atoms in total. The normalized spacial score (nSPS) is 10.3. The van der Waals surface area contributed by atoms with Crippen LogP contribution < -0.4 is 4.90 Å². The number of rotatable bonds is 5. The molecule has 0 bridgehead atoms. The number of anilines is 1. The first-order chi connectivity index (χ1) is 12.6. The van der Waals surface area contributed by atoms with Crippen molar-refractivity contribution >= 4 is 16.5 Å². The number of ether oxygens (including phenoxy) is 1. The van der Waals surface area contributed by atoms with Crippen LogP contribution in [-0.4, -0.2) is 14.1 Å². The molecule has 0 atom stereocenters. The summed E-state index contributed by atoms with van der Waals surface area (Å²) in [5.41, 5.74) is 4.08. The zero-order valence-electron chi connectivity index (χ0n) is 14.9. The molecule has 3 aromatic carbocycles. The van der Waals surface area contributed by atoms with Gasteiger partial charge in [-0.05, 0) is 29.3 Å². The minimum atomic E-state index is 0.290. The predicted molar refractivity (Wildman–Crippen MR) is 103 cm³/mol. The molecule has 0 aliphatic heterocycles. The van der Waals surface area contributed by atoms with Crippen LogP contribution in [0.25, 0.3) is 10.8 Å². The molecule has 0 saturated heterocycles. The minimum Gasteiger partial charge on any atom is -0.378 e. The van der Waals surface area contributed by atoms with Crippen LogP contribution in [0.1, 0.15) is 22.3 Å². The summed E-state index contributed by atoms with van der Waals surface area (Å²) in [6.45, 7) is 0.741. The van der Waals surface area contributed by atoms with Crippen molar-refractivity contribution in [3.63, 3.8) is 0 Å². The molecule has 128 valence electrons. The van der Waals surface area contributed by atoms with Crippen molar-refractivity contribution in [2.24, 2.45) is 0 Å².